The SMILES string of the molecule is C1=C\CC/C=C\CC/1.COc1ccccc1[C@@H]1[C@H](CP(c2ccccc2)c2ccccc2)[C@@H](CP(c2ccccc2)c2ccccc2)[C@H]1c1ccccc1OC.F[B-](F)(F)F.[Rh]. The van der Waals surface area contributed by atoms with Crippen LogP contribution < -0.4 is 30.7 Å². The average molecular weight is 963 g/mol. The van der Waals surface area contributed by atoms with Crippen LogP contribution in [-0.2, 0) is 19.5 Å². The molecule has 0 unspecified atom stereocenters. The molecule has 6 aromatic rings. The van der Waals surface area contributed by atoms with Gasteiger partial charge in [-0.15, -0.1) is 0 Å². The van der Waals surface area contributed by atoms with Crippen LogP contribution in [0.25, 0.3) is 0 Å². The molecular formula is C52H54BF4O2P2Rh-. The number of methoxy groups -OCH3 is 2. The zero-order chi connectivity index (χ0) is 42.9. The molecule has 8 rings (SSSR count). The summed E-state index contributed by atoms with van der Waals surface area (Å²) >= 11 is 0. The maximum atomic E-state index is 9.75. The van der Waals surface area contributed by atoms with Crippen molar-refractivity contribution in [1.29, 1.82) is 0 Å². The van der Waals surface area contributed by atoms with Crippen LogP contribution in [0.2, 0.25) is 0 Å². The van der Waals surface area contributed by atoms with Crippen LogP contribution in [0.1, 0.15) is 48.6 Å². The van der Waals surface area contributed by atoms with E-state index in [0.29, 0.717) is 11.8 Å². The van der Waals surface area contributed by atoms with E-state index in [-0.39, 0.29) is 31.3 Å². The Morgan fingerprint density at radius 2 is 0.661 bits per heavy atom. The summed E-state index contributed by atoms with van der Waals surface area (Å²) in [5, 5.41) is 5.74. The molecule has 0 aromatic heterocycles. The summed E-state index contributed by atoms with van der Waals surface area (Å²) in [6.07, 6.45) is 16.2. The van der Waals surface area contributed by atoms with Gasteiger partial charge < -0.3 is 26.7 Å². The van der Waals surface area contributed by atoms with E-state index in [1.54, 1.807) is 0 Å². The molecule has 0 heterocycles. The van der Waals surface area contributed by atoms with Crippen molar-refractivity contribution in [2.45, 2.75) is 37.5 Å². The molecule has 1 saturated carbocycles. The molecule has 0 bridgehead atoms. The van der Waals surface area contributed by atoms with E-state index in [4.69, 9.17) is 9.47 Å². The van der Waals surface area contributed by atoms with Gasteiger partial charge in [0.25, 0.3) is 0 Å². The third-order valence-electron chi connectivity index (χ3n) is 11.2. The van der Waals surface area contributed by atoms with E-state index < -0.39 is 23.1 Å². The summed E-state index contributed by atoms with van der Waals surface area (Å²) in [6, 6.07) is 62.3. The third kappa shape index (κ3) is 13.8. The van der Waals surface area contributed by atoms with E-state index in [0.717, 1.165) is 23.8 Å². The second-order valence-electron chi connectivity index (χ2n) is 15.0. The Morgan fingerprint density at radius 3 is 0.919 bits per heavy atom. The van der Waals surface area contributed by atoms with Crippen molar-refractivity contribution in [1.82, 2.24) is 0 Å². The first-order chi connectivity index (χ1) is 29.8. The molecule has 1 fully saturated rings. The van der Waals surface area contributed by atoms with Crippen LogP contribution in [0, 0.1) is 11.8 Å². The Bertz CT molecular complexity index is 2000. The molecule has 1 radical (unpaired) electrons. The fourth-order valence-corrected chi connectivity index (χ4v) is 14.0. The molecule has 2 nitrogen and oxygen atoms in total. The van der Waals surface area contributed by atoms with Gasteiger partial charge in [0.05, 0.1) is 14.2 Å². The van der Waals surface area contributed by atoms with E-state index in [2.05, 4.69) is 194 Å². The quantitative estimate of drug-likeness (QED) is 0.0527. The van der Waals surface area contributed by atoms with Gasteiger partial charge in [-0.3, -0.25) is 0 Å². The number of rotatable bonds is 12. The van der Waals surface area contributed by atoms with Gasteiger partial charge in [0, 0.05) is 19.5 Å². The maximum absolute atomic E-state index is 9.75. The molecule has 0 amide bonds. The first-order valence-electron chi connectivity index (χ1n) is 20.9. The van der Waals surface area contributed by atoms with Crippen molar-refractivity contribution in [3.8, 4) is 11.5 Å². The predicted molar refractivity (Wildman–Crippen MR) is 253 cm³/mol. The summed E-state index contributed by atoms with van der Waals surface area (Å²) in [7, 11) is -3.57. The molecule has 0 N–H and O–H groups in total. The Hall–Kier alpha value is -4.33. The number of benzene rings is 6. The minimum Gasteiger partial charge on any atom is -0.496 e. The summed E-state index contributed by atoms with van der Waals surface area (Å²) in [5.74, 6) is 3.37. The summed E-state index contributed by atoms with van der Waals surface area (Å²) in [5.41, 5.74) is 2.61. The maximum Gasteiger partial charge on any atom is 0.673 e. The van der Waals surface area contributed by atoms with Gasteiger partial charge in [-0.2, -0.15) is 0 Å². The Labute approximate surface area is 381 Å². The van der Waals surface area contributed by atoms with Gasteiger partial charge in [-0.25, -0.2) is 0 Å². The molecule has 325 valence electrons. The monoisotopic (exact) mass is 962 g/mol. The van der Waals surface area contributed by atoms with Crippen LogP contribution in [-0.4, -0.2) is 33.8 Å². The minimum atomic E-state index is -6.00. The van der Waals surface area contributed by atoms with Gasteiger partial charge >= 0.3 is 7.25 Å². The Balaban J connectivity index is 0.000000448. The molecule has 2 aliphatic rings. The number of ether oxygens (including phenoxy) is 2. The molecule has 4 atom stereocenters. The van der Waals surface area contributed by atoms with Gasteiger partial charge in [0.2, 0.25) is 0 Å². The number of hydrogen-bond acceptors (Lipinski definition) is 2. The first kappa shape index (κ1) is 48.7. The van der Waals surface area contributed by atoms with Gasteiger partial charge in [0.1, 0.15) is 11.5 Å². The van der Waals surface area contributed by atoms with Crippen LogP contribution in [0.3, 0.4) is 0 Å². The summed E-state index contributed by atoms with van der Waals surface area (Å²) in [6.45, 7) is 0. The van der Waals surface area contributed by atoms with Crippen LogP contribution in [0.5, 0.6) is 11.5 Å². The number of para-hydroxylation sites is 2. The fourth-order valence-electron chi connectivity index (χ4n) is 8.58. The van der Waals surface area contributed by atoms with E-state index >= 15 is 0 Å². The largest absolute Gasteiger partial charge is 0.673 e. The minimum absolute atomic E-state index is 0. The summed E-state index contributed by atoms with van der Waals surface area (Å²) < 4.78 is 51.2. The molecular weight excluding hydrogens is 908 g/mol. The smallest absolute Gasteiger partial charge is 0.496 e. The van der Waals surface area contributed by atoms with E-state index in [1.807, 2.05) is 14.2 Å². The van der Waals surface area contributed by atoms with Crippen molar-refractivity contribution in [3.63, 3.8) is 0 Å². The van der Waals surface area contributed by atoms with E-state index in [9.17, 15) is 17.3 Å². The second kappa shape index (κ2) is 25.1. The van der Waals surface area contributed by atoms with Crippen molar-refractivity contribution >= 4 is 44.3 Å². The van der Waals surface area contributed by atoms with Crippen molar-refractivity contribution in [2.75, 3.05) is 26.5 Å². The van der Waals surface area contributed by atoms with Gasteiger partial charge in [0.15, 0.2) is 0 Å². The molecule has 2 aliphatic carbocycles. The van der Waals surface area contributed by atoms with Crippen LogP contribution >= 0.6 is 15.8 Å². The van der Waals surface area contributed by atoms with Crippen LogP contribution in [0.15, 0.2) is 194 Å². The average Bonchev–Trinajstić information content (AvgIpc) is 3.27. The fraction of sp³-hybridized carbons (Fsp3) is 0.231. The summed E-state index contributed by atoms with van der Waals surface area (Å²) in [4.78, 5) is 0. The first-order valence-corrected chi connectivity index (χ1v) is 24.0. The normalized spacial score (nSPS) is 19.1. The standard InChI is InChI=1S/C44H42O2P2.C8H12.BF4.Rh/c1-45-41-29-17-15-27-37(41)43-39(31-47(33-19-7-3-8-20-33)34-21-9-4-10-22-34)40(44(43)38-28-16-18-30-42(38)46-2)32-48(35-23-11-5-12-24-35)36-25-13-6-14-26-36;1-2-4-6-8-7-5-3-1;2-1(3,4)5;/h3-30,39-40,43-44H,31-32H2,1-2H3;1-2,7-8H,3-6H2;;/q;;-1;/b;2-1-,8-7-;;/t39-,40-,43-,44-;;;/m1.../s1. The molecule has 6 aromatic carbocycles. The zero-order valence-electron chi connectivity index (χ0n) is 35.2. The number of allylic oxidation sites excluding steroid dienone is 4. The van der Waals surface area contributed by atoms with Crippen molar-refractivity contribution < 1.29 is 46.2 Å². The Kier molecular flexibility index (Phi) is 19.7. The molecule has 0 spiro atoms. The topological polar surface area (TPSA) is 18.5 Å². The number of halogens is 4. The third-order valence-corrected chi connectivity index (χ3v) is 16.5. The van der Waals surface area contributed by atoms with Gasteiger partial charge in [-0.05, 0) is 122 Å². The van der Waals surface area contributed by atoms with Crippen molar-refractivity contribution in [3.05, 3.63) is 205 Å². The van der Waals surface area contributed by atoms with Crippen molar-refractivity contribution in [2.24, 2.45) is 11.8 Å². The predicted octanol–water partition coefficient (Wildman–Crippen LogP) is 13.1. The zero-order valence-corrected chi connectivity index (χ0v) is 38.6. The molecule has 0 saturated heterocycles. The number of hydrogen-bond donors (Lipinski definition) is 0. The molecule has 0 aliphatic heterocycles. The molecule has 10 heteroatoms. The molecule has 62 heavy (non-hydrogen) atoms. The van der Waals surface area contributed by atoms with Crippen LogP contribution in [0.4, 0.5) is 17.3 Å². The second-order valence-corrected chi connectivity index (χ2v) is 19.5. The Morgan fingerprint density at radius 1 is 0.419 bits per heavy atom. The van der Waals surface area contributed by atoms with E-state index in [1.165, 1.54) is 58.0 Å². The van der Waals surface area contributed by atoms with Gasteiger partial charge in [-0.1, -0.05) is 182 Å².